The van der Waals surface area contributed by atoms with Gasteiger partial charge in [-0.1, -0.05) is 30.3 Å². The topological polar surface area (TPSA) is 99.9 Å². The van der Waals surface area contributed by atoms with Crippen molar-refractivity contribution in [3.63, 3.8) is 0 Å². The largest absolute Gasteiger partial charge is 0.354 e. The standard InChI is InChI=1S/C20H24N6O/c21-17(14-5-2-1-3-6-14)11-18(27)25-15-7-4-10-26(12-15)20-16-8-9-22-19(16)23-13-24-20/h1-3,5-6,8-9,13,15,17H,4,7,10-12,21H2,(H,25,27)(H,22,23,24). The Hall–Kier alpha value is -2.93. The fourth-order valence-electron chi connectivity index (χ4n) is 3.70. The number of hydrogen-bond acceptors (Lipinski definition) is 5. The third kappa shape index (κ3) is 3.93. The van der Waals surface area contributed by atoms with Crippen LogP contribution in [-0.2, 0) is 4.79 Å². The first kappa shape index (κ1) is 17.5. The fourth-order valence-corrected chi connectivity index (χ4v) is 3.70. The third-order valence-corrected chi connectivity index (χ3v) is 5.05. The van der Waals surface area contributed by atoms with E-state index in [2.05, 4.69) is 25.2 Å². The lowest BCUT2D eigenvalue weighted by Crippen LogP contribution is -2.48. The van der Waals surface area contributed by atoms with Crippen LogP contribution in [0.3, 0.4) is 0 Å². The number of aromatic amines is 1. The monoisotopic (exact) mass is 364 g/mol. The lowest BCUT2D eigenvalue weighted by atomic mass is 10.0. The molecule has 1 aromatic carbocycles. The maximum absolute atomic E-state index is 12.5. The highest BCUT2D eigenvalue weighted by Gasteiger charge is 2.24. The van der Waals surface area contributed by atoms with Crippen LogP contribution < -0.4 is 16.0 Å². The van der Waals surface area contributed by atoms with E-state index >= 15 is 0 Å². The molecular weight excluding hydrogens is 340 g/mol. The van der Waals surface area contributed by atoms with Gasteiger partial charge in [0.2, 0.25) is 5.91 Å². The maximum atomic E-state index is 12.5. The van der Waals surface area contributed by atoms with Gasteiger partial charge in [0.15, 0.2) is 0 Å². The molecule has 0 radical (unpaired) electrons. The molecule has 2 unspecified atom stereocenters. The lowest BCUT2D eigenvalue weighted by Gasteiger charge is -2.34. The zero-order valence-corrected chi connectivity index (χ0v) is 15.1. The van der Waals surface area contributed by atoms with E-state index in [0.29, 0.717) is 0 Å². The first-order chi connectivity index (χ1) is 13.2. The van der Waals surface area contributed by atoms with Crippen LogP contribution in [0.5, 0.6) is 0 Å². The predicted molar refractivity (Wildman–Crippen MR) is 105 cm³/mol. The molecule has 140 valence electrons. The first-order valence-electron chi connectivity index (χ1n) is 9.33. The van der Waals surface area contributed by atoms with Crippen LogP contribution >= 0.6 is 0 Å². The summed E-state index contributed by atoms with van der Waals surface area (Å²) >= 11 is 0. The fraction of sp³-hybridized carbons (Fsp3) is 0.350. The van der Waals surface area contributed by atoms with Crippen LogP contribution in [0.1, 0.15) is 30.9 Å². The van der Waals surface area contributed by atoms with Gasteiger partial charge in [-0.25, -0.2) is 9.97 Å². The summed E-state index contributed by atoms with van der Waals surface area (Å²) < 4.78 is 0. The normalized spacial score (nSPS) is 18.4. The summed E-state index contributed by atoms with van der Waals surface area (Å²) in [6, 6.07) is 11.5. The Morgan fingerprint density at radius 1 is 1.30 bits per heavy atom. The number of anilines is 1. The average Bonchev–Trinajstić information content (AvgIpc) is 3.17. The SMILES string of the molecule is NC(CC(=O)NC1CCCN(c2ncnc3[nH]ccc23)C1)c1ccccc1. The summed E-state index contributed by atoms with van der Waals surface area (Å²) in [4.78, 5) is 26.5. The van der Waals surface area contributed by atoms with Gasteiger partial charge in [-0.15, -0.1) is 0 Å². The average molecular weight is 364 g/mol. The van der Waals surface area contributed by atoms with Crippen molar-refractivity contribution in [2.24, 2.45) is 5.73 Å². The smallest absolute Gasteiger partial charge is 0.222 e. The number of carbonyl (C=O) groups excluding carboxylic acids is 1. The van der Waals surface area contributed by atoms with Gasteiger partial charge in [-0.2, -0.15) is 0 Å². The van der Waals surface area contributed by atoms with E-state index in [1.165, 1.54) is 0 Å². The van der Waals surface area contributed by atoms with E-state index in [9.17, 15) is 4.79 Å². The van der Waals surface area contributed by atoms with Crippen molar-refractivity contribution in [2.75, 3.05) is 18.0 Å². The first-order valence-corrected chi connectivity index (χ1v) is 9.33. The molecule has 1 amide bonds. The number of hydrogen-bond donors (Lipinski definition) is 3. The van der Waals surface area contributed by atoms with E-state index in [1.54, 1.807) is 6.33 Å². The van der Waals surface area contributed by atoms with Crippen molar-refractivity contribution >= 4 is 22.8 Å². The number of nitrogens with zero attached hydrogens (tertiary/aromatic N) is 3. The third-order valence-electron chi connectivity index (χ3n) is 5.05. The summed E-state index contributed by atoms with van der Waals surface area (Å²) in [7, 11) is 0. The van der Waals surface area contributed by atoms with Gasteiger partial charge in [0, 0.05) is 37.8 Å². The molecule has 1 saturated heterocycles. The molecule has 1 aliphatic heterocycles. The Kier molecular flexibility index (Phi) is 5.02. The molecule has 2 aromatic heterocycles. The van der Waals surface area contributed by atoms with Crippen molar-refractivity contribution in [1.29, 1.82) is 0 Å². The van der Waals surface area contributed by atoms with Crippen LogP contribution in [0.4, 0.5) is 5.82 Å². The molecule has 7 heteroatoms. The lowest BCUT2D eigenvalue weighted by molar-refractivity contribution is -0.122. The van der Waals surface area contributed by atoms with E-state index in [4.69, 9.17) is 5.73 Å². The Labute approximate surface area is 158 Å². The van der Waals surface area contributed by atoms with Crippen molar-refractivity contribution in [3.05, 3.63) is 54.5 Å². The number of aromatic nitrogens is 3. The Morgan fingerprint density at radius 2 is 2.15 bits per heavy atom. The second kappa shape index (κ2) is 7.75. The minimum atomic E-state index is -0.285. The van der Waals surface area contributed by atoms with Gasteiger partial charge in [-0.05, 0) is 24.5 Å². The number of piperidine rings is 1. The van der Waals surface area contributed by atoms with E-state index in [0.717, 1.165) is 48.3 Å². The number of amides is 1. The predicted octanol–water partition coefficient (Wildman–Crippen LogP) is 2.13. The summed E-state index contributed by atoms with van der Waals surface area (Å²) in [5.41, 5.74) is 7.99. The Morgan fingerprint density at radius 3 is 3.00 bits per heavy atom. The molecular formula is C20H24N6O. The maximum Gasteiger partial charge on any atom is 0.222 e. The van der Waals surface area contributed by atoms with Crippen LogP contribution in [0, 0.1) is 0 Å². The second-order valence-corrected chi connectivity index (χ2v) is 7.01. The summed E-state index contributed by atoms with van der Waals surface area (Å²) in [6.07, 6.45) is 5.71. The molecule has 0 saturated carbocycles. The van der Waals surface area contributed by atoms with Gasteiger partial charge < -0.3 is 20.9 Å². The van der Waals surface area contributed by atoms with Gasteiger partial charge in [-0.3, -0.25) is 4.79 Å². The molecule has 2 atom stereocenters. The molecule has 0 spiro atoms. The van der Waals surface area contributed by atoms with Gasteiger partial charge in [0.25, 0.3) is 0 Å². The minimum Gasteiger partial charge on any atom is -0.354 e. The van der Waals surface area contributed by atoms with E-state index in [1.807, 2.05) is 42.6 Å². The van der Waals surface area contributed by atoms with E-state index < -0.39 is 0 Å². The Balaban J connectivity index is 1.38. The number of fused-ring (bicyclic) bond motifs is 1. The molecule has 4 rings (SSSR count). The number of rotatable bonds is 5. The van der Waals surface area contributed by atoms with Crippen molar-refractivity contribution in [3.8, 4) is 0 Å². The van der Waals surface area contributed by atoms with E-state index in [-0.39, 0.29) is 24.4 Å². The molecule has 7 nitrogen and oxygen atoms in total. The number of H-pyrrole nitrogens is 1. The van der Waals surface area contributed by atoms with Gasteiger partial charge in [0.05, 0.1) is 5.39 Å². The second-order valence-electron chi connectivity index (χ2n) is 7.01. The quantitative estimate of drug-likeness (QED) is 0.644. The number of benzene rings is 1. The van der Waals surface area contributed by atoms with Crippen LogP contribution in [0.25, 0.3) is 11.0 Å². The summed E-state index contributed by atoms with van der Waals surface area (Å²) in [5.74, 6) is 0.911. The van der Waals surface area contributed by atoms with Gasteiger partial charge >= 0.3 is 0 Å². The summed E-state index contributed by atoms with van der Waals surface area (Å²) in [6.45, 7) is 1.66. The molecule has 3 aromatic rings. The molecule has 1 aliphatic rings. The number of carbonyl (C=O) groups is 1. The van der Waals surface area contributed by atoms with Crippen LogP contribution in [0.2, 0.25) is 0 Å². The molecule has 4 N–H and O–H groups in total. The van der Waals surface area contributed by atoms with Crippen LogP contribution in [-0.4, -0.2) is 40.0 Å². The molecule has 1 fully saturated rings. The van der Waals surface area contributed by atoms with Crippen molar-refractivity contribution in [1.82, 2.24) is 20.3 Å². The number of nitrogens with two attached hydrogens (primary N) is 1. The zero-order valence-electron chi connectivity index (χ0n) is 15.1. The zero-order chi connectivity index (χ0) is 18.6. The molecule has 27 heavy (non-hydrogen) atoms. The molecule has 0 bridgehead atoms. The van der Waals surface area contributed by atoms with Crippen LogP contribution in [0.15, 0.2) is 48.9 Å². The molecule has 3 heterocycles. The Bertz CT molecular complexity index is 909. The van der Waals surface area contributed by atoms with Gasteiger partial charge in [0.1, 0.15) is 17.8 Å². The molecule has 0 aliphatic carbocycles. The minimum absolute atomic E-state index is 0.00678. The van der Waals surface area contributed by atoms with Crippen molar-refractivity contribution < 1.29 is 4.79 Å². The van der Waals surface area contributed by atoms with Crippen molar-refractivity contribution in [2.45, 2.75) is 31.3 Å². The highest BCUT2D eigenvalue weighted by atomic mass is 16.1. The summed E-state index contributed by atoms with van der Waals surface area (Å²) in [5, 5.41) is 4.16. The number of nitrogens with one attached hydrogen (secondary N) is 2. The highest BCUT2D eigenvalue weighted by Crippen LogP contribution is 2.25. The highest BCUT2D eigenvalue weighted by molar-refractivity contribution is 5.87.